The summed E-state index contributed by atoms with van der Waals surface area (Å²) in [6.45, 7) is 9.05. The fourth-order valence-electron chi connectivity index (χ4n) is 2.28. The van der Waals surface area contributed by atoms with Crippen molar-refractivity contribution in [1.82, 2.24) is 20.1 Å². The maximum atomic E-state index is 12.3. The predicted molar refractivity (Wildman–Crippen MR) is 89.7 cm³/mol. The van der Waals surface area contributed by atoms with Crippen LogP contribution in [0.2, 0.25) is 0 Å². The van der Waals surface area contributed by atoms with Crippen molar-refractivity contribution in [3.8, 4) is 0 Å². The van der Waals surface area contributed by atoms with Crippen molar-refractivity contribution in [2.24, 2.45) is 0 Å². The molecule has 1 aliphatic heterocycles. The third-order valence-electron chi connectivity index (χ3n) is 4.13. The molecule has 1 aromatic heterocycles. The van der Waals surface area contributed by atoms with Gasteiger partial charge in [0.25, 0.3) is 0 Å². The topological polar surface area (TPSA) is 89.0 Å². The summed E-state index contributed by atoms with van der Waals surface area (Å²) in [4.78, 5) is 24.2. The number of rotatable bonds is 7. The van der Waals surface area contributed by atoms with Crippen molar-refractivity contribution in [1.29, 1.82) is 0 Å². The van der Waals surface area contributed by atoms with Crippen LogP contribution in [0.25, 0.3) is 0 Å². The first-order chi connectivity index (χ1) is 10.8. The Morgan fingerprint density at radius 3 is 2.96 bits per heavy atom. The molecule has 7 nitrogen and oxygen atoms in total. The minimum Gasteiger partial charge on any atom is -0.376 e. The largest absolute Gasteiger partial charge is 0.376 e. The zero-order valence-corrected chi connectivity index (χ0v) is 15.0. The molecule has 1 fully saturated rings. The van der Waals surface area contributed by atoms with Gasteiger partial charge in [-0.1, -0.05) is 18.7 Å². The molecule has 1 saturated heterocycles. The third kappa shape index (κ3) is 4.84. The number of hydrogen-bond donors (Lipinski definition) is 2. The molecule has 1 amide bonds. The van der Waals surface area contributed by atoms with Crippen molar-refractivity contribution in [3.05, 3.63) is 10.5 Å². The summed E-state index contributed by atoms with van der Waals surface area (Å²) in [5, 5.41) is 9.73. The van der Waals surface area contributed by atoms with Crippen molar-refractivity contribution in [3.63, 3.8) is 0 Å². The number of ether oxygens (including phenoxy) is 1. The summed E-state index contributed by atoms with van der Waals surface area (Å²) < 4.78 is 7.14. The average molecular weight is 342 g/mol. The highest BCUT2D eigenvalue weighted by Gasteiger charge is 2.25. The van der Waals surface area contributed by atoms with Crippen LogP contribution < -0.4 is 11.0 Å². The van der Waals surface area contributed by atoms with E-state index in [1.807, 2.05) is 27.7 Å². The lowest BCUT2D eigenvalue weighted by Gasteiger charge is -2.26. The zero-order valence-electron chi connectivity index (χ0n) is 14.2. The molecule has 2 unspecified atom stereocenters. The molecule has 0 saturated carbocycles. The van der Waals surface area contributed by atoms with Crippen LogP contribution in [0, 0.1) is 0 Å². The van der Waals surface area contributed by atoms with E-state index < -0.39 is 0 Å². The number of carbonyl (C=O) groups is 1. The molecule has 0 radical (unpaired) electrons. The van der Waals surface area contributed by atoms with Gasteiger partial charge in [-0.3, -0.25) is 9.36 Å². The number of aromatic amines is 1. The van der Waals surface area contributed by atoms with E-state index in [9.17, 15) is 9.59 Å². The van der Waals surface area contributed by atoms with Gasteiger partial charge < -0.3 is 10.1 Å². The summed E-state index contributed by atoms with van der Waals surface area (Å²) in [5.41, 5.74) is -0.501. The standard InChI is InChI=1S/C15H26N4O3S/c1-5-15(3,4)16-12(20)10(2)23-14-18-17-13(21)19(14)9-11-7-6-8-22-11/h10-11H,5-9H2,1-4H3,(H,16,20)(H,17,21). The van der Waals surface area contributed by atoms with Gasteiger partial charge in [-0.15, -0.1) is 5.10 Å². The predicted octanol–water partition coefficient (Wildman–Crippen LogP) is 1.54. The molecule has 2 rings (SSSR count). The van der Waals surface area contributed by atoms with Gasteiger partial charge in [0, 0.05) is 12.1 Å². The Morgan fingerprint density at radius 2 is 2.35 bits per heavy atom. The Labute approximate surface area is 140 Å². The highest BCUT2D eigenvalue weighted by atomic mass is 32.2. The summed E-state index contributed by atoms with van der Waals surface area (Å²) in [6.07, 6.45) is 2.86. The molecule has 0 spiro atoms. The molecule has 2 heterocycles. The van der Waals surface area contributed by atoms with E-state index in [-0.39, 0.29) is 28.5 Å². The fourth-order valence-corrected chi connectivity index (χ4v) is 3.15. The Bertz CT molecular complexity index is 590. The molecular weight excluding hydrogens is 316 g/mol. The Balaban J connectivity index is 2.02. The van der Waals surface area contributed by atoms with E-state index in [2.05, 4.69) is 15.5 Å². The number of aromatic nitrogens is 3. The van der Waals surface area contributed by atoms with Crippen LogP contribution in [-0.4, -0.2) is 44.2 Å². The number of nitrogens with zero attached hydrogens (tertiary/aromatic N) is 2. The molecule has 0 aliphatic carbocycles. The molecule has 23 heavy (non-hydrogen) atoms. The number of carbonyl (C=O) groups excluding carboxylic acids is 1. The molecule has 0 bridgehead atoms. The van der Waals surface area contributed by atoms with Crippen LogP contribution >= 0.6 is 11.8 Å². The van der Waals surface area contributed by atoms with Crippen LogP contribution in [0.4, 0.5) is 0 Å². The van der Waals surface area contributed by atoms with Gasteiger partial charge >= 0.3 is 5.69 Å². The SMILES string of the molecule is CCC(C)(C)NC(=O)C(C)Sc1n[nH]c(=O)n1CC1CCCO1. The first-order valence-corrected chi connectivity index (χ1v) is 8.96. The lowest BCUT2D eigenvalue weighted by atomic mass is 10.0. The second-order valence-electron chi connectivity index (χ2n) is 6.54. The Kier molecular flexibility index (Phi) is 5.91. The first kappa shape index (κ1) is 18.1. The quantitative estimate of drug-likeness (QED) is 0.734. The highest BCUT2D eigenvalue weighted by Crippen LogP contribution is 2.22. The van der Waals surface area contributed by atoms with Crippen LogP contribution in [0.3, 0.4) is 0 Å². The Hall–Kier alpha value is -1.28. The molecule has 2 N–H and O–H groups in total. The molecule has 2 atom stereocenters. The number of hydrogen-bond acceptors (Lipinski definition) is 5. The van der Waals surface area contributed by atoms with Crippen LogP contribution in [0.15, 0.2) is 9.95 Å². The smallest absolute Gasteiger partial charge is 0.344 e. The van der Waals surface area contributed by atoms with Gasteiger partial charge in [-0.05, 0) is 40.0 Å². The summed E-state index contributed by atoms with van der Waals surface area (Å²) in [5.74, 6) is -0.0547. The van der Waals surface area contributed by atoms with Gasteiger partial charge in [0.1, 0.15) is 0 Å². The van der Waals surface area contributed by atoms with Gasteiger partial charge in [0.2, 0.25) is 5.91 Å². The van der Waals surface area contributed by atoms with E-state index in [4.69, 9.17) is 4.74 Å². The first-order valence-electron chi connectivity index (χ1n) is 8.08. The van der Waals surface area contributed by atoms with E-state index in [1.165, 1.54) is 11.8 Å². The lowest BCUT2D eigenvalue weighted by molar-refractivity contribution is -0.121. The summed E-state index contributed by atoms with van der Waals surface area (Å²) in [6, 6.07) is 0. The van der Waals surface area contributed by atoms with Crippen molar-refractivity contribution < 1.29 is 9.53 Å². The number of amides is 1. The van der Waals surface area contributed by atoms with Crippen LogP contribution in [-0.2, 0) is 16.1 Å². The van der Waals surface area contributed by atoms with E-state index >= 15 is 0 Å². The van der Waals surface area contributed by atoms with Gasteiger partial charge in [0.15, 0.2) is 5.16 Å². The highest BCUT2D eigenvalue weighted by molar-refractivity contribution is 8.00. The van der Waals surface area contributed by atoms with Crippen molar-refractivity contribution >= 4 is 17.7 Å². The fraction of sp³-hybridized carbons (Fsp3) is 0.800. The second kappa shape index (κ2) is 7.53. The minimum absolute atomic E-state index is 0.0489. The molecule has 1 aliphatic rings. The van der Waals surface area contributed by atoms with Gasteiger partial charge in [0.05, 0.1) is 17.9 Å². The average Bonchev–Trinajstić information content (AvgIpc) is 3.12. The van der Waals surface area contributed by atoms with Gasteiger partial charge in [-0.2, -0.15) is 0 Å². The van der Waals surface area contributed by atoms with E-state index in [1.54, 1.807) is 4.57 Å². The lowest BCUT2D eigenvalue weighted by Crippen LogP contribution is -2.46. The van der Waals surface area contributed by atoms with Gasteiger partial charge in [-0.25, -0.2) is 9.89 Å². The zero-order chi connectivity index (χ0) is 17.0. The molecule has 130 valence electrons. The monoisotopic (exact) mass is 342 g/mol. The molecular formula is C15H26N4O3S. The minimum atomic E-state index is -0.334. The maximum Gasteiger partial charge on any atom is 0.344 e. The maximum absolute atomic E-state index is 12.3. The molecule has 8 heteroatoms. The number of thioether (sulfide) groups is 1. The van der Waals surface area contributed by atoms with Crippen LogP contribution in [0.1, 0.15) is 47.0 Å². The molecule has 0 aromatic carbocycles. The van der Waals surface area contributed by atoms with Crippen molar-refractivity contribution in [2.45, 2.75) is 75.6 Å². The number of H-pyrrole nitrogens is 1. The van der Waals surface area contributed by atoms with Crippen molar-refractivity contribution in [2.75, 3.05) is 6.61 Å². The molecule has 1 aromatic rings. The second-order valence-corrected chi connectivity index (χ2v) is 7.85. The normalized spacial score (nSPS) is 19.7. The third-order valence-corrected chi connectivity index (χ3v) is 5.22. The summed E-state index contributed by atoms with van der Waals surface area (Å²) in [7, 11) is 0. The van der Waals surface area contributed by atoms with E-state index in [0.717, 1.165) is 25.9 Å². The van der Waals surface area contributed by atoms with E-state index in [0.29, 0.717) is 11.7 Å². The Morgan fingerprint density at radius 1 is 1.61 bits per heavy atom. The van der Waals surface area contributed by atoms with Crippen LogP contribution in [0.5, 0.6) is 0 Å². The summed E-state index contributed by atoms with van der Waals surface area (Å²) >= 11 is 1.29. The number of nitrogens with one attached hydrogen (secondary N) is 2.